The Labute approximate surface area is 169 Å². The molecule has 28 heavy (non-hydrogen) atoms. The van der Waals surface area contributed by atoms with E-state index >= 15 is 0 Å². The molecular formula is C22H36N2O4. The van der Waals surface area contributed by atoms with Crippen molar-refractivity contribution in [1.29, 1.82) is 0 Å². The van der Waals surface area contributed by atoms with Crippen LogP contribution >= 0.6 is 0 Å². The van der Waals surface area contributed by atoms with Crippen LogP contribution in [0.4, 0.5) is 0 Å². The Kier molecular flexibility index (Phi) is 7.34. The van der Waals surface area contributed by atoms with E-state index in [1.165, 1.54) is 0 Å². The molecular weight excluding hydrogens is 356 g/mol. The maximum absolute atomic E-state index is 12.9. The van der Waals surface area contributed by atoms with Gasteiger partial charge in [-0.2, -0.15) is 0 Å². The lowest BCUT2D eigenvalue weighted by molar-refractivity contribution is -0.171. The molecule has 158 valence electrons. The molecule has 1 fully saturated rings. The predicted octanol–water partition coefficient (Wildman–Crippen LogP) is 3.58. The number of rotatable bonds is 10. The van der Waals surface area contributed by atoms with Crippen LogP contribution in [0.5, 0.6) is 11.5 Å². The number of hydrogen-bond donors (Lipinski definition) is 2. The van der Waals surface area contributed by atoms with Crippen molar-refractivity contribution in [3.63, 3.8) is 0 Å². The molecule has 1 aliphatic carbocycles. The predicted molar refractivity (Wildman–Crippen MR) is 111 cm³/mol. The minimum absolute atomic E-state index is 0.00297. The van der Waals surface area contributed by atoms with Crippen LogP contribution in [0.1, 0.15) is 65.5 Å². The molecule has 3 N–H and O–H groups in total. The number of hydrogen-bond acceptors (Lipinski definition) is 5. The quantitative estimate of drug-likeness (QED) is 0.595. The summed E-state index contributed by atoms with van der Waals surface area (Å²) in [5, 5.41) is 3.06. The van der Waals surface area contributed by atoms with E-state index in [4.69, 9.17) is 19.9 Å². The SMILES string of the molecule is CCCCOc1ccc(C(C)NC(=O)C2(N)CC(OCC)C2(C)C)cc1OC. The summed E-state index contributed by atoms with van der Waals surface area (Å²) >= 11 is 0. The Morgan fingerprint density at radius 3 is 2.61 bits per heavy atom. The van der Waals surface area contributed by atoms with E-state index in [0.29, 0.717) is 31.1 Å². The van der Waals surface area contributed by atoms with E-state index in [-0.39, 0.29) is 18.1 Å². The van der Waals surface area contributed by atoms with Gasteiger partial charge < -0.3 is 25.3 Å². The van der Waals surface area contributed by atoms with Crippen LogP contribution in [0.2, 0.25) is 0 Å². The van der Waals surface area contributed by atoms with Gasteiger partial charge in [0.05, 0.1) is 25.9 Å². The van der Waals surface area contributed by atoms with Gasteiger partial charge in [0, 0.05) is 18.4 Å². The number of nitrogens with one attached hydrogen (secondary N) is 1. The summed E-state index contributed by atoms with van der Waals surface area (Å²) in [7, 11) is 1.62. The second-order valence-corrected chi connectivity index (χ2v) is 8.15. The Morgan fingerprint density at radius 2 is 2.04 bits per heavy atom. The molecule has 6 nitrogen and oxygen atoms in total. The molecule has 0 bridgehead atoms. The minimum atomic E-state index is -0.936. The van der Waals surface area contributed by atoms with Crippen molar-refractivity contribution in [2.24, 2.45) is 11.1 Å². The number of benzene rings is 1. The van der Waals surface area contributed by atoms with Gasteiger partial charge >= 0.3 is 0 Å². The number of nitrogens with two attached hydrogens (primary N) is 1. The number of amides is 1. The van der Waals surface area contributed by atoms with E-state index in [1.54, 1.807) is 7.11 Å². The molecule has 1 aliphatic rings. The van der Waals surface area contributed by atoms with Gasteiger partial charge in [0.25, 0.3) is 0 Å². The summed E-state index contributed by atoms with van der Waals surface area (Å²) < 4.78 is 17.0. The third-order valence-electron chi connectivity index (χ3n) is 6.03. The zero-order chi connectivity index (χ0) is 20.9. The summed E-state index contributed by atoms with van der Waals surface area (Å²) in [5.41, 5.74) is 6.07. The highest BCUT2D eigenvalue weighted by atomic mass is 16.5. The third kappa shape index (κ3) is 4.28. The monoisotopic (exact) mass is 392 g/mol. The first kappa shape index (κ1) is 22.5. The molecule has 0 heterocycles. The van der Waals surface area contributed by atoms with Gasteiger partial charge in [0.15, 0.2) is 11.5 Å². The van der Waals surface area contributed by atoms with E-state index in [1.807, 2.05) is 45.9 Å². The topological polar surface area (TPSA) is 82.8 Å². The van der Waals surface area contributed by atoms with E-state index in [0.717, 1.165) is 18.4 Å². The Balaban J connectivity index is 2.06. The van der Waals surface area contributed by atoms with Gasteiger partial charge in [0.1, 0.15) is 5.54 Å². The highest BCUT2D eigenvalue weighted by Gasteiger charge is 2.62. The fourth-order valence-corrected chi connectivity index (χ4v) is 3.63. The average molecular weight is 393 g/mol. The lowest BCUT2D eigenvalue weighted by Gasteiger charge is -2.57. The summed E-state index contributed by atoms with van der Waals surface area (Å²) in [4.78, 5) is 12.9. The first-order valence-corrected chi connectivity index (χ1v) is 10.2. The van der Waals surface area contributed by atoms with Crippen LogP contribution < -0.4 is 20.5 Å². The minimum Gasteiger partial charge on any atom is -0.493 e. The van der Waals surface area contributed by atoms with Gasteiger partial charge in [0.2, 0.25) is 5.91 Å². The molecule has 1 saturated carbocycles. The fourth-order valence-electron chi connectivity index (χ4n) is 3.63. The largest absolute Gasteiger partial charge is 0.493 e. The highest BCUT2D eigenvalue weighted by Crippen LogP contribution is 2.50. The average Bonchev–Trinajstić information content (AvgIpc) is 2.67. The van der Waals surface area contributed by atoms with Crippen LogP contribution in [-0.4, -0.2) is 37.9 Å². The number of unbranched alkanes of at least 4 members (excludes halogenated alkanes) is 1. The number of carbonyl (C=O) groups excluding carboxylic acids is 1. The Morgan fingerprint density at radius 1 is 1.32 bits per heavy atom. The first-order chi connectivity index (χ1) is 13.2. The molecule has 1 aromatic carbocycles. The molecule has 0 aromatic heterocycles. The van der Waals surface area contributed by atoms with Crippen LogP contribution in [-0.2, 0) is 9.53 Å². The van der Waals surface area contributed by atoms with Gasteiger partial charge in [-0.05, 0) is 38.0 Å². The standard InChI is InChI=1S/C22H36N2O4/c1-7-9-12-28-17-11-10-16(13-18(17)26-6)15(3)24-20(25)22(23)14-19(27-8-2)21(22,4)5/h10-11,13,15,19H,7-9,12,14,23H2,1-6H3,(H,24,25). The van der Waals surface area contributed by atoms with Crippen molar-refractivity contribution in [1.82, 2.24) is 5.32 Å². The summed E-state index contributed by atoms with van der Waals surface area (Å²) in [6, 6.07) is 5.55. The maximum Gasteiger partial charge on any atom is 0.241 e. The second kappa shape index (κ2) is 9.14. The molecule has 0 spiro atoms. The van der Waals surface area contributed by atoms with Crippen molar-refractivity contribution >= 4 is 5.91 Å². The summed E-state index contributed by atoms with van der Waals surface area (Å²) in [5.74, 6) is 1.23. The molecule has 0 saturated heterocycles. The van der Waals surface area contributed by atoms with Crippen molar-refractivity contribution in [3.05, 3.63) is 23.8 Å². The smallest absolute Gasteiger partial charge is 0.241 e. The highest BCUT2D eigenvalue weighted by molar-refractivity contribution is 5.89. The zero-order valence-corrected chi connectivity index (χ0v) is 18.1. The zero-order valence-electron chi connectivity index (χ0n) is 18.1. The lowest BCUT2D eigenvalue weighted by Crippen LogP contribution is -2.75. The summed E-state index contributed by atoms with van der Waals surface area (Å²) in [6.07, 6.45) is 2.60. The van der Waals surface area contributed by atoms with Gasteiger partial charge in [-0.15, -0.1) is 0 Å². The Bertz CT molecular complexity index is 677. The van der Waals surface area contributed by atoms with Crippen LogP contribution in [0.25, 0.3) is 0 Å². The van der Waals surface area contributed by atoms with Gasteiger partial charge in [-0.1, -0.05) is 33.3 Å². The van der Waals surface area contributed by atoms with E-state index in [2.05, 4.69) is 12.2 Å². The van der Waals surface area contributed by atoms with Crippen molar-refractivity contribution in [3.8, 4) is 11.5 Å². The molecule has 6 heteroatoms. The van der Waals surface area contributed by atoms with E-state index in [9.17, 15) is 4.79 Å². The molecule has 3 unspecified atom stereocenters. The first-order valence-electron chi connectivity index (χ1n) is 10.2. The number of methoxy groups -OCH3 is 1. The maximum atomic E-state index is 12.9. The lowest BCUT2D eigenvalue weighted by atomic mass is 9.54. The third-order valence-corrected chi connectivity index (χ3v) is 6.03. The molecule has 0 aliphatic heterocycles. The number of ether oxygens (including phenoxy) is 3. The van der Waals surface area contributed by atoms with Crippen molar-refractivity contribution in [2.45, 2.75) is 71.6 Å². The normalized spacial score (nSPS) is 24.2. The molecule has 1 amide bonds. The van der Waals surface area contributed by atoms with Crippen molar-refractivity contribution in [2.75, 3.05) is 20.3 Å². The van der Waals surface area contributed by atoms with Crippen LogP contribution in [0.3, 0.4) is 0 Å². The van der Waals surface area contributed by atoms with Crippen LogP contribution in [0, 0.1) is 5.41 Å². The van der Waals surface area contributed by atoms with Gasteiger partial charge in [-0.25, -0.2) is 0 Å². The van der Waals surface area contributed by atoms with Gasteiger partial charge in [-0.3, -0.25) is 4.79 Å². The number of carbonyl (C=O) groups is 1. The molecule has 1 aromatic rings. The second-order valence-electron chi connectivity index (χ2n) is 8.15. The molecule has 3 atom stereocenters. The fraction of sp³-hybridized carbons (Fsp3) is 0.682. The van der Waals surface area contributed by atoms with Crippen molar-refractivity contribution < 1.29 is 19.0 Å². The Hall–Kier alpha value is -1.79. The molecule has 2 rings (SSSR count). The molecule has 0 radical (unpaired) electrons. The van der Waals surface area contributed by atoms with Crippen LogP contribution in [0.15, 0.2) is 18.2 Å². The van der Waals surface area contributed by atoms with E-state index < -0.39 is 11.0 Å². The summed E-state index contributed by atoms with van der Waals surface area (Å²) in [6.45, 7) is 11.3.